The van der Waals surface area contributed by atoms with Crippen LogP contribution in [0, 0.1) is 0 Å². The first-order chi connectivity index (χ1) is 9.36. The molecule has 0 spiro atoms. The van der Waals surface area contributed by atoms with E-state index in [9.17, 15) is 8.42 Å². The second kappa shape index (κ2) is 5.39. The summed E-state index contributed by atoms with van der Waals surface area (Å²) in [6, 6.07) is 0.207. The number of aromatic nitrogens is 3. The van der Waals surface area contributed by atoms with Gasteiger partial charge in [0.25, 0.3) is 0 Å². The van der Waals surface area contributed by atoms with E-state index in [0.717, 1.165) is 0 Å². The van der Waals surface area contributed by atoms with Gasteiger partial charge >= 0.3 is 6.01 Å². The summed E-state index contributed by atoms with van der Waals surface area (Å²) in [5, 5.41) is 5.90. The molecular formula is C11H19N5O3S. The zero-order valence-corrected chi connectivity index (χ0v) is 12.6. The zero-order chi connectivity index (χ0) is 14.8. The topological polar surface area (TPSA) is 106 Å². The smallest absolute Gasteiger partial charge is 0.323 e. The molecule has 2 heterocycles. The van der Waals surface area contributed by atoms with E-state index in [1.807, 2.05) is 13.8 Å². The van der Waals surface area contributed by atoms with Gasteiger partial charge in [0, 0.05) is 7.05 Å². The average Bonchev–Trinajstić information content (AvgIpc) is 2.63. The Morgan fingerprint density at radius 3 is 2.55 bits per heavy atom. The molecule has 1 unspecified atom stereocenters. The molecule has 0 radical (unpaired) electrons. The van der Waals surface area contributed by atoms with E-state index >= 15 is 0 Å². The lowest BCUT2D eigenvalue weighted by Gasteiger charge is -2.23. The molecule has 9 heteroatoms. The molecule has 2 N–H and O–H groups in total. The van der Waals surface area contributed by atoms with Gasteiger partial charge in [0.15, 0.2) is 9.84 Å². The molecule has 0 saturated carbocycles. The Morgan fingerprint density at radius 1 is 1.30 bits per heavy atom. The van der Waals surface area contributed by atoms with E-state index < -0.39 is 15.4 Å². The van der Waals surface area contributed by atoms with E-state index in [0.29, 0.717) is 24.9 Å². The molecular weight excluding hydrogens is 282 g/mol. The highest BCUT2D eigenvalue weighted by atomic mass is 32.2. The maximum atomic E-state index is 11.6. The van der Waals surface area contributed by atoms with Crippen LogP contribution >= 0.6 is 0 Å². The maximum absolute atomic E-state index is 11.6. The number of ether oxygens (including phenoxy) is 1. The summed E-state index contributed by atoms with van der Waals surface area (Å²) in [6.07, 6.45) is 0.528. The van der Waals surface area contributed by atoms with E-state index in [1.165, 1.54) is 0 Å². The van der Waals surface area contributed by atoms with Gasteiger partial charge in [-0.2, -0.15) is 15.0 Å². The summed E-state index contributed by atoms with van der Waals surface area (Å²) >= 11 is 0. The summed E-state index contributed by atoms with van der Waals surface area (Å²) in [4.78, 5) is 12.4. The van der Waals surface area contributed by atoms with Crippen LogP contribution < -0.4 is 15.4 Å². The number of anilines is 2. The van der Waals surface area contributed by atoms with Gasteiger partial charge in [-0.15, -0.1) is 0 Å². The Labute approximate surface area is 118 Å². The van der Waals surface area contributed by atoms with Gasteiger partial charge < -0.3 is 15.4 Å². The predicted molar refractivity (Wildman–Crippen MR) is 75.8 cm³/mol. The van der Waals surface area contributed by atoms with E-state index in [-0.39, 0.29) is 17.5 Å². The highest BCUT2D eigenvalue weighted by molar-refractivity contribution is 7.91. The van der Waals surface area contributed by atoms with Crippen LogP contribution in [0.3, 0.4) is 0 Å². The Bertz CT molecular complexity index is 592. The average molecular weight is 301 g/mol. The SMILES string of the molecule is CCOc1nc(NC)nc(NC2(C)CCS(=O)(=O)C2)n1. The van der Waals surface area contributed by atoms with Gasteiger partial charge in [0.05, 0.1) is 23.7 Å². The van der Waals surface area contributed by atoms with E-state index in [4.69, 9.17) is 4.74 Å². The maximum Gasteiger partial charge on any atom is 0.323 e. The number of hydrogen-bond donors (Lipinski definition) is 2. The minimum absolute atomic E-state index is 0.0739. The largest absolute Gasteiger partial charge is 0.464 e. The summed E-state index contributed by atoms with van der Waals surface area (Å²) in [7, 11) is -1.30. The van der Waals surface area contributed by atoms with Gasteiger partial charge in [-0.05, 0) is 20.3 Å². The molecule has 0 aromatic carbocycles. The molecule has 0 aliphatic carbocycles. The van der Waals surface area contributed by atoms with Crippen LogP contribution in [-0.4, -0.2) is 54.1 Å². The van der Waals surface area contributed by atoms with Crippen molar-refractivity contribution in [1.29, 1.82) is 0 Å². The fourth-order valence-electron chi connectivity index (χ4n) is 2.10. The quantitative estimate of drug-likeness (QED) is 0.800. The Morgan fingerprint density at radius 2 is 2.00 bits per heavy atom. The normalized spacial score (nSPS) is 24.4. The van der Waals surface area contributed by atoms with Crippen LogP contribution in [0.15, 0.2) is 0 Å². The summed E-state index contributed by atoms with van der Waals surface area (Å²) in [5.74, 6) is 0.936. The standard InChI is InChI=1S/C11H19N5O3S/c1-4-19-10-14-8(12-3)13-9(15-10)16-11(2)5-6-20(17,18)7-11/h4-7H2,1-3H3,(H2,12,13,14,15,16). The summed E-state index contributed by atoms with van der Waals surface area (Å²) < 4.78 is 28.5. The van der Waals surface area contributed by atoms with E-state index in [2.05, 4.69) is 25.6 Å². The lowest BCUT2D eigenvalue weighted by atomic mass is 10.0. The lowest BCUT2D eigenvalue weighted by molar-refractivity contribution is 0.312. The van der Waals surface area contributed by atoms with Crippen LogP contribution in [0.2, 0.25) is 0 Å². The number of hydrogen-bond acceptors (Lipinski definition) is 8. The third kappa shape index (κ3) is 3.47. The third-order valence-corrected chi connectivity index (χ3v) is 4.93. The Balaban J connectivity index is 2.22. The Hall–Kier alpha value is -1.64. The second-order valence-corrected chi connectivity index (χ2v) is 7.16. The van der Waals surface area contributed by atoms with Gasteiger partial charge in [0.1, 0.15) is 0 Å². The first-order valence-corrected chi connectivity index (χ1v) is 8.23. The van der Waals surface area contributed by atoms with Crippen molar-refractivity contribution in [1.82, 2.24) is 15.0 Å². The zero-order valence-electron chi connectivity index (χ0n) is 11.8. The molecule has 20 heavy (non-hydrogen) atoms. The summed E-state index contributed by atoms with van der Waals surface area (Å²) in [5.41, 5.74) is -0.561. The summed E-state index contributed by atoms with van der Waals surface area (Å²) in [6.45, 7) is 4.12. The van der Waals surface area contributed by atoms with Crippen molar-refractivity contribution in [3.05, 3.63) is 0 Å². The van der Waals surface area contributed by atoms with Gasteiger partial charge in [-0.3, -0.25) is 0 Å². The van der Waals surface area contributed by atoms with Crippen molar-refractivity contribution in [2.24, 2.45) is 0 Å². The fourth-order valence-corrected chi connectivity index (χ4v) is 4.19. The minimum atomic E-state index is -2.99. The van der Waals surface area contributed by atoms with Crippen LogP contribution in [0.5, 0.6) is 6.01 Å². The van der Waals surface area contributed by atoms with Crippen molar-refractivity contribution < 1.29 is 13.2 Å². The number of rotatable bonds is 5. The Kier molecular flexibility index (Phi) is 3.98. The first-order valence-electron chi connectivity index (χ1n) is 6.41. The van der Waals surface area contributed by atoms with Crippen LogP contribution in [0.25, 0.3) is 0 Å². The minimum Gasteiger partial charge on any atom is -0.464 e. The molecule has 0 bridgehead atoms. The van der Waals surface area contributed by atoms with Crippen molar-refractivity contribution in [3.63, 3.8) is 0 Å². The molecule has 8 nitrogen and oxygen atoms in total. The monoisotopic (exact) mass is 301 g/mol. The van der Waals surface area contributed by atoms with Crippen molar-refractivity contribution >= 4 is 21.7 Å². The molecule has 1 saturated heterocycles. The predicted octanol–water partition coefficient (Wildman–Crippen LogP) is 0.301. The van der Waals surface area contributed by atoms with E-state index in [1.54, 1.807) is 7.05 Å². The van der Waals surface area contributed by atoms with Gasteiger partial charge in [-0.1, -0.05) is 0 Å². The molecule has 1 aliphatic rings. The lowest BCUT2D eigenvalue weighted by Crippen LogP contribution is -2.36. The molecule has 1 aliphatic heterocycles. The van der Waals surface area contributed by atoms with Gasteiger partial charge in [0.2, 0.25) is 11.9 Å². The van der Waals surface area contributed by atoms with Crippen LogP contribution in [-0.2, 0) is 9.84 Å². The number of sulfone groups is 1. The highest BCUT2D eigenvalue weighted by Gasteiger charge is 2.39. The molecule has 1 atom stereocenters. The first kappa shape index (κ1) is 14.8. The van der Waals surface area contributed by atoms with Crippen molar-refractivity contribution in [3.8, 4) is 6.01 Å². The van der Waals surface area contributed by atoms with Crippen LogP contribution in [0.1, 0.15) is 20.3 Å². The van der Waals surface area contributed by atoms with Crippen molar-refractivity contribution in [2.75, 3.05) is 35.8 Å². The molecule has 1 aromatic rings. The molecule has 1 aromatic heterocycles. The number of nitrogens with one attached hydrogen (secondary N) is 2. The van der Waals surface area contributed by atoms with Gasteiger partial charge in [-0.25, -0.2) is 8.42 Å². The van der Waals surface area contributed by atoms with Crippen LogP contribution in [0.4, 0.5) is 11.9 Å². The number of nitrogens with zero attached hydrogens (tertiary/aromatic N) is 3. The highest BCUT2D eigenvalue weighted by Crippen LogP contribution is 2.26. The molecule has 2 rings (SSSR count). The third-order valence-electron chi connectivity index (χ3n) is 3.03. The molecule has 0 amide bonds. The molecule has 112 valence electrons. The fraction of sp³-hybridized carbons (Fsp3) is 0.727. The molecule has 1 fully saturated rings. The second-order valence-electron chi connectivity index (χ2n) is 4.98. The van der Waals surface area contributed by atoms with Crippen molar-refractivity contribution in [2.45, 2.75) is 25.8 Å².